The molecule has 4 aromatic rings. The van der Waals surface area contributed by atoms with E-state index in [1.807, 2.05) is 28.7 Å². The van der Waals surface area contributed by atoms with E-state index in [9.17, 15) is 34.9 Å². The van der Waals surface area contributed by atoms with E-state index in [1.54, 1.807) is 60.7 Å². The predicted molar refractivity (Wildman–Crippen MR) is 220 cm³/mol. The van der Waals surface area contributed by atoms with Gasteiger partial charge in [0.15, 0.2) is 17.2 Å². The number of carbonyl (C=O) groups excluding carboxylic acids is 4. The molecule has 58 heavy (non-hydrogen) atoms. The Bertz CT molecular complexity index is 2500. The van der Waals surface area contributed by atoms with E-state index in [4.69, 9.17) is 16.3 Å². The van der Waals surface area contributed by atoms with Gasteiger partial charge in [-0.25, -0.2) is 9.80 Å². The number of aromatic hydroxyl groups is 1. The predicted octanol–water partition coefficient (Wildman–Crippen LogP) is 6.91. The van der Waals surface area contributed by atoms with Crippen LogP contribution in [0.4, 0.5) is 28.4 Å². The minimum atomic E-state index is -1.60. The van der Waals surface area contributed by atoms with Gasteiger partial charge in [0.25, 0.3) is 0 Å². The number of hydrogen-bond acceptors (Lipinski definition) is 11. The number of benzene rings is 4. The number of ether oxygens (including phenoxy) is 1. The van der Waals surface area contributed by atoms with Crippen molar-refractivity contribution in [1.82, 2.24) is 0 Å². The number of methoxy groups -OCH3 is 1. The molecule has 2 heterocycles. The molecule has 1 N–H and O–H groups in total. The molecule has 17 heteroatoms. The van der Waals surface area contributed by atoms with Crippen molar-refractivity contribution in [2.24, 2.45) is 23.7 Å². The molecule has 296 valence electrons. The number of nitrogens with zero attached hydrogens (tertiary/aromatic N) is 5. The molecule has 4 aliphatic rings. The van der Waals surface area contributed by atoms with Gasteiger partial charge in [0.1, 0.15) is 0 Å². The molecule has 4 aromatic carbocycles. The van der Waals surface area contributed by atoms with E-state index in [0.29, 0.717) is 25.3 Å². The van der Waals surface area contributed by atoms with Crippen molar-refractivity contribution in [2.75, 3.05) is 35.9 Å². The first-order valence-corrected chi connectivity index (χ1v) is 19.6. The third kappa shape index (κ3) is 5.59. The van der Waals surface area contributed by atoms with Gasteiger partial charge < -0.3 is 14.7 Å². The zero-order valence-electron chi connectivity index (χ0n) is 31.0. The van der Waals surface area contributed by atoms with Crippen LogP contribution in [0, 0.1) is 47.5 Å². The lowest BCUT2D eigenvalue weighted by atomic mass is 9.49. The molecule has 2 saturated heterocycles. The quantitative estimate of drug-likeness (QED) is 0.0635. The van der Waals surface area contributed by atoms with Crippen molar-refractivity contribution >= 4 is 86.3 Å². The summed E-state index contributed by atoms with van der Waals surface area (Å²) in [5.41, 5.74) is -1.65. The van der Waals surface area contributed by atoms with Gasteiger partial charge in [0, 0.05) is 37.2 Å². The molecule has 15 nitrogen and oxygen atoms in total. The maximum atomic E-state index is 15.5. The molecule has 4 amide bonds. The van der Waals surface area contributed by atoms with E-state index in [1.165, 1.54) is 32.2 Å². The summed E-state index contributed by atoms with van der Waals surface area (Å²) < 4.78 is 5.98. The van der Waals surface area contributed by atoms with Crippen LogP contribution in [0.1, 0.15) is 29.9 Å². The topological polar surface area (TPSA) is 194 Å². The molecule has 3 fully saturated rings. The summed E-state index contributed by atoms with van der Waals surface area (Å²) in [6.45, 7) is 0. The van der Waals surface area contributed by atoms with Gasteiger partial charge in [-0.1, -0.05) is 59.6 Å². The number of halogens is 2. The first-order valence-electron chi connectivity index (χ1n) is 18.1. The first kappa shape index (κ1) is 39.0. The molecule has 2 aliphatic heterocycles. The monoisotopic (exact) mass is 917 g/mol. The van der Waals surface area contributed by atoms with Crippen LogP contribution >= 0.6 is 34.2 Å². The Hall–Kier alpha value is -5.88. The van der Waals surface area contributed by atoms with Gasteiger partial charge >= 0.3 is 11.4 Å². The van der Waals surface area contributed by atoms with Crippen LogP contribution in [0.2, 0.25) is 5.02 Å². The van der Waals surface area contributed by atoms with Crippen molar-refractivity contribution < 1.29 is 38.9 Å². The second kappa shape index (κ2) is 14.2. The van der Waals surface area contributed by atoms with Crippen molar-refractivity contribution in [2.45, 2.75) is 24.2 Å². The Labute approximate surface area is 349 Å². The van der Waals surface area contributed by atoms with Crippen LogP contribution in [-0.2, 0) is 24.6 Å². The summed E-state index contributed by atoms with van der Waals surface area (Å²) in [5, 5.41) is 35.8. The van der Waals surface area contributed by atoms with Crippen molar-refractivity contribution in [1.29, 1.82) is 0 Å². The van der Waals surface area contributed by atoms with Crippen LogP contribution in [0.15, 0.2) is 90.5 Å². The van der Waals surface area contributed by atoms with Crippen LogP contribution in [0.5, 0.6) is 11.5 Å². The number of nitro groups is 2. The van der Waals surface area contributed by atoms with Crippen LogP contribution in [0.25, 0.3) is 0 Å². The lowest BCUT2D eigenvalue weighted by Crippen LogP contribution is -2.53. The first-order chi connectivity index (χ1) is 27.6. The normalized spacial score (nSPS) is 24.9. The molecular formula is C41H33ClIN5O10. The Balaban J connectivity index is 1.35. The minimum absolute atomic E-state index is 0.0238. The molecule has 0 aromatic heterocycles. The fourth-order valence-corrected chi connectivity index (χ4v) is 10.6. The number of rotatable bonds is 8. The molecule has 0 radical (unpaired) electrons. The van der Waals surface area contributed by atoms with E-state index in [0.717, 1.165) is 21.9 Å². The van der Waals surface area contributed by atoms with E-state index in [-0.39, 0.29) is 41.4 Å². The highest BCUT2D eigenvalue weighted by atomic mass is 127. The summed E-state index contributed by atoms with van der Waals surface area (Å²) in [5.74, 6) is -7.45. The Kier molecular flexibility index (Phi) is 9.54. The van der Waals surface area contributed by atoms with Crippen molar-refractivity contribution in [3.8, 4) is 11.5 Å². The third-order valence-corrected chi connectivity index (χ3v) is 13.0. The zero-order chi connectivity index (χ0) is 41.5. The second-order valence-electron chi connectivity index (χ2n) is 14.9. The molecule has 0 bridgehead atoms. The summed E-state index contributed by atoms with van der Waals surface area (Å²) >= 11 is 8.36. The maximum absolute atomic E-state index is 15.5. The fraction of sp³-hybridized carbons (Fsp3) is 0.268. The van der Waals surface area contributed by atoms with Gasteiger partial charge in [-0.3, -0.25) is 39.4 Å². The number of anilines is 3. The van der Waals surface area contributed by atoms with E-state index >= 15 is 9.59 Å². The third-order valence-electron chi connectivity index (χ3n) is 11.9. The average Bonchev–Trinajstić information content (AvgIpc) is 3.59. The van der Waals surface area contributed by atoms with E-state index < -0.39 is 79.9 Å². The fourth-order valence-electron chi connectivity index (χ4n) is 9.74. The Morgan fingerprint density at radius 2 is 1.53 bits per heavy atom. The summed E-state index contributed by atoms with van der Waals surface area (Å²) in [4.78, 5) is 85.7. The number of fused-ring (bicyclic) bond motifs is 4. The second-order valence-corrected chi connectivity index (χ2v) is 16.5. The number of amides is 4. The highest BCUT2D eigenvalue weighted by Gasteiger charge is 2.70. The average molecular weight is 918 g/mol. The largest absolute Gasteiger partial charge is 0.504 e. The highest BCUT2D eigenvalue weighted by Crippen LogP contribution is 2.65. The highest BCUT2D eigenvalue weighted by molar-refractivity contribution is 14.1. The van der Waals surface area contributed by atoms with Crippen LogP contribution < -0.4 is 19.4 Å². The zero-order valence-corrected chi connectivity index (χ0v) is 33.9. The lowest BCUT2D eigenvalue weighted by molar-refractivity contribution is -0.392. The molecule has 1 saturated carbocycles. The Morgan fingerprint density at radius 1 is 0.862 bits per heavy atom. The molecule has 0 spiro atoms. The van der Waals surface area contributed by atoms with Gasteiger partial charge in [-0.05, 0) is 82.8 Å². The lowest BCUT2D eigenvalue weighted by Gasteiger charge is -2.50. The van der Waals surface area contributed by atoms with Crippen LogP contribution in [0.3, 0.4) is 0 Å². The van der Waals surface area contributed by atoms with Gasteiger partial charge in [0.2, 0.25) is 23.6 Å². The summed E-state index contributed by atoms with van der Waals surface area (Å²) in [7, 11) is 4.21. The van der Waals surface area contributed by atoms with Gasteiger partial charge in [-0.15, -0.1) is 0 Å². The van der Waals surface area contributed by atoms with Crippen LogP contribution in [-0.4, -0.2) is 59.8 Å². The van der Waals surface area contributed by atoms with Crippen molar-refractivity contribution in [3.63, 3.8) is 0 Å². The van der Waals surface area contributed by atoms with Gasteiger partial charge in [-0.2, -0.15) is 0 Å². The number of hydrogen-bond donors (Lipinski definition) is 1. The standard InChI is InChI=1S/C41H33ClIN5O10/c1-44(2)35-30(47(54)55)17-24(18-31(35)48(56)57)45-37(50)26-13-12-25-27(33(26)39(45)52)19-28-38(51)46(23-11-7-10-22(42)16-23)40(53)41(28,21-8-5-4-6-9-21)34(25)20-14-29(43)36(49)32(15-20)58-3/h4-12,14-18,26-28,33-34,49H,13,19H2,1-3H3. The molecular weight excluding hydrogens is 885 g/mol. The minimum Gasteiger partial charge on any atom is -0.504 e. The number of phenols is 1. The summed E-state index contributed by atoms with van der Waals surface area (Å²) in [6.07, 6.45) is 1.81. The van der Waals surface area contributed by atoms with Gasteiger partial charge in [0.05, 0.1) is 55.1 Å². The number of carbonyl (C=O) groups is 4. The number of imide groups is 2. The number of phenolic OH excluding ortho intramolecular Hbond substituents is 1. The molecule has 6 atom stereocenters. The number of allylic oxidation sites excluding steroid dienone is 2. The maximum Gasteiger partial charge on any atom is 0.301 e. The molecule has 8 rings (SSSR count). The number of nitro benzene ring substituents is 2. The smallest absolute Gasteiger partial charge is 0.301 e. The van der Waals surface area contributed by atoms with E-state index in [2.05, 4.69) is 0 Å². The molecule has 6 unspecified atom stereocenters. The molecule has 2 aliphatic carbocycles. The summed E-state index contributed by atoms with van der Waals surface area (Å²) in [6, 6.07) is 20.6. The Morgan fingerprint density at radius 3 is 2.14 bits per heavy atom. The van der Waals surface area contributed by atoms with Crippen molar-refractivity contribution in [3.05, 3.63) is 130 Å². The SMILES string of the molecule is COc1cc(C2C3=CCC4C(=O)N(c5cc([N+](=O)[O-])c(N(C)C)c([N+](=O)[O-])c5)C(=O)C4C3CC3C(=O)N(c4cccc(Cl)c4)C(=O)C32c2ccccc2)cc(I)c1O.